The third-order valence-corrected chi connectivity index (χ3v) is 5.91. The minimum absolute atomic E-state index is 0.00317. The minimum atomic E-state index is -4.58. The van der Waals surface area contributed by atoms with Crippen LogP contribution in [0.15, 0.2) is 28.7 Å². The maximum atomic E-state index is 13.3. The van der Waals surface area contributed by atoms with Crippen molar-refractivity contribution in [1.82, 2.24) is 9.78 Å². The molecular formula is C20H24BrF3N4O. The van der Waals surface area contributed by atoms with Gasteiger partial charge in [-0.1, -0.05) is 0 Å². The van der Waals surface area contributed by atoms with E-state index in [-0.39, 0.29) is 10.4 Å². The van der Waals surface area contributed by atoms with E-state index in [1.165, 1.54) is 4.68 Å². The van der Waals surface area contributed by atoms with E-state index in [0.29, 0.717) is 11.4 Å². The summed E-state index contributed by atoms with van der Waals surface area (Å²) in [6, 6.07) is 6.53. The van der Waals surface area contributed by atoms with Crippen LogP contribution < -0.4 is 10.2 Å². The van der Waals surface area contributed by atoms with E-state index < -0.39 is 23.8 Å². The highest BCUT2D eigenvalue weighted by Crippen LogP contribution is 2.47. The van der Waals surface area contributed by atoms with Crippen molar-refractivity contribution in [3.8, 4) is 0 Å². The number of carbonyl (C=O) groups excluding carboxylic acids is 1. The van der Waals surface area contributed by atoms with Crippen LogP contribution in [0.2, 0.25) is 0 Å². The Morgan fingerprint density at radius 2 is 1.86 bits per heavy atom. The average molecular weight is 473 g/mol. The fourth-order valence-corrected chi connectivity index (χ4v) is 4.14. The molecule has 0 aliphatic heterocycles. The number of amides is 1. The summed E-state index contributed by atoms with van der Waals surface area (Å²) in [4.78, 5) is 14.9. The lowest BCUT2D eigenvalue weighted by atomic mass is 10.2. The summed E-state index contributed by atoms with van der Waals surface area (Å²) in [5.74, 6) is -0.414. The fraction of sp³-hybridized carbons (Fsp3) is 0.500. The van der Waals surface area contributed by atoms with Gasteiger partial charge in [-0.2, -0.15) is 18.3 Å². The number of carbonyl (C=O) groups is 1. The molecule has 0 radical (unpaired) electrons. The summed E-state index contributed by atoms with van der Waals surface area (Å²) < 4.78 is 41.0. The first-order valence-corrected chi connectivity index (χ1v) is 10.5. The van der Waals surface area contributed by atoms with Crippen molar-refractivity contribution in [2.45, 2.75) is 51.7 Å². The predicted octanol–water partition coefficient (Wildman–Crippen LogP) is 5.59. The zero-order chi connectivity index (χ0) is 21.3. The fourth-order valence-electron chi connectivity index (χ4n) is 3.33. The van der Waals surface area contributed by atoms with Gasteiger partial charge in [0.15, 0.2) is 5.69 Å². The molecule has 1 aliphatic carbocycles. The Hall–Kier alpha value is -2.03. The lowest BCUT2D eigenvalue weighted by molar-refractivity contribution is -0.142. The number of alkyl halides is 3. The van der Waals surface area contributed by atoms with E-state index in [2.05, 4.69) is 45.1 Å². The third kappa shape index (κ3) is 4.60. The van der Waals surface area contributed by atoms with Gasteiger partial charge in [-0.3, -0.25) is 9.48 Å². The van der Waals surface area contributed by atoms with Gasteiger partial charge in [0, 0.05) is 30.4 Å². The molecule has 0 saturated heterocycles. The van der Waals surface area contributed by atoms with E-state index in [0.717, 1.165) is 31.6 Å². The van der Waals surface area contributed by atoms with E-state index in [9.17, 15) is 18.0 Å². The summed E-state index contributed by atoms with van der Waals surface area (Å²) in [6.07, 6.45) is -2.99. The van der Waals surface area contributed by atoms with Crippen molar-refractivity contribution in [1.29, 1.82) is 0 Å². The van der Waals surface area contributed by atoms with Crippen LogP contribution in [0.5, 0.6) is 0 Å². The summed E-state index contributed by atoms with van der Waals surface area (Å²) in [7, 11) is 0. The molecule has 1 aromatic carbocycles. The Bertz CT molecular complexity index is 871. The highest BCUT2D eigenvalue weighted by molar-refractivity contribution is 9.10. The molecule has 1 amide bonds. The smallest absolute Gasteiger partial charge is 0.372 e. The standard InChI is InChI=1S/C20H24BrF3N4O/c1-4-27(5-2)15-10-8-14(9-11-15)25-19(29)12(3)28-17(13-6-7-13)16(21)18(26-28)20(22,23)24/h8-13H,4-7H2,1-3H3,(H,25,29). The number of hydrogen-bond donors (Lipinski definition) is 1. The van der Waals surface area contributed by atoms with Gasteiger partial charge in [0.25, 0.3) is 0 Å². The molecule has 0 spiro atoms. The van der Waals surface area contributed by atoms with Gasteiger partial charge >= 0.3 is 6.18 Å². The van der Waals surface area contributed by atoms with Gasteiger partial charge < -0.3 is 10.2 Å². The predicted molar refractivity (Wildman–Crippen MR) is 110 cm³/mol. The maximum Gasteiger partial charge on any atom is 0.436 e. The molecule has 1 saturated carbocycles. The van der Waals surface area contributed by atoms with Crippen molar-refractivity contribution < 1.29 is 18.0 Å². The number of anilines is 2. The molecule has 1 fully saturated rings. The number of rotatable bonds is 7. The van der Waals surface area contributed by atoms with Crippen LogP contribution in [-0.2, 0) is 11.0 Å². The van der Waals surface area contributed by atoms with Crippen molar-refractivity contribution in [3.05, 3.63) is 40.1 Å². The second-order valence-electron chi connectivity index (χ2n) is 7.15. The number of hydrogen-bond acceptors (Lipinski definition) is 3. The molecule has 0 bridgehead atoms. The summed E-state index contributed by atoms with van der Waals surface area (Å²) in [5, 5.41) is 6.52. The quantitative estimate of drug-likeness (QED) is 0.571. The molecule has 158 valence electrons. The highest BCUT2D eigenvalue weighted by Gasteiger charge is 2.43. The molecule has 3 rings (SSSR count). The first-order valence-electron chi connectivity index (χ1n) is 9.68. The molecule has 5 nitrogen and oxygen atoms in total. The molecule has 29 heavy (non-hydrogen) atoms. The number of nitrogens with zero attached hydrogens (tertiary/aromatic N) is 3. The molecular weight excluding hydrogens is 449 g/mol. The molecule has 1 N–H and O–H groups in total. The van der Waals surface area contributed by atoms with Crippen LogP contribution in [-0.4, -0.2) is 28.8 Å². The first-order chi connectivity index (χ1) is 13.7. The zero-order valence-corrected chi connectivity index (χ0v) is 18.1. The van der Waals surface area contributed by atoms with Crippen LogP contribution in [0.3, 0.4) is 0 Å². The van der Waals surface area contributed by atoms with E-state index >= 15 is 0 Å². The average Bonchev–Trinajstić information content (AvgIpc) is 3.44. The summed E-state index contributed by atoms with van der Waals surface area (Å²) in [5.41, 5.74) is 1.09. The maximum absolute atomic E-state index is 13.3. The number of halogens is 4. The van der Waals surface area contributed by atoms with Gasteiger partial charge in [0.2, 0.25) is 5.91 Å². The molecule has 1 atom stereocenters. The summed E-state index contributed by atoms with van der Waals surface area (Å²) >= 11 is 3.06. The van der Waals surface area contributed by atoms with Crippen LogP contribution in [0.25, 0.3) is 0 Å². The number of benzene rings is 1. The molecule has 1 heterocycles. The van der Waals surface area contributed by atoms with Crippen molar-refractivity contribution in [3.63, 3.8) is 0 Å². The second-order valence-corrected chi connectivity index (χ2v) is 7.94. The Kier molecular flexibility index (Phi) is 6.26. The monoisotopic (exact) mass is 472 g/mol. The molecule has 9 heteroatoms. The Morgan fingerprint density at radius 3 is 2.34 bits per heavy atom. The van der Waals surface area contributed by atoms with E-state index in [1.807, 2.05) is 12.1 Å². The lowest BCUT2D eigenvalue weighted by Crippen LogP contribution is -2.26. The summed E-state index contributed by atoms with van der Waals surface area (Å²) in [6.45, 7) is 7.44. The Balaban J connectivity index is 1.80. The van der Waals surface area contributed by atoms with Gasteiger partial charge in [-0.25, -0.2) is 0 Å². The van der Waals surface area contributed by atoms with Crippen LogP contribution in [0.4, 0.5) is 24.5 Å². The van der Waals surface area contributed by atoms with Gasteiger partial charge in [0.1, 0.15) is 6.04 Å². The van der Waals surface area contributed by atoms with Crippen molar-refractivity contribution in [2.24, 2.45) is 0 Å². The van der Waals surface area contributed by atoms with Crippen LogP contribution in [0.1, 0.15) is 57.0 Å². The van der Waals surface area contributed by atoms with E-state index in [1.54, 1.807) is 19.1 Å². The van der Waals surface area contributed by atoms with Gasteiger partial charge in [-0.05, 0) is 73.8 Å². The number of aromatic nitrogens is 2. The minimum Gasteiger partial charge on any atom is -0.372 e. The highest BCUT2D eigenvalue weighted by atomic mass is 79.9. The molecule has 1 unspecified atom stereocenters. The molecule has 2 aromatic rings. The van der Waals surface area contributed by atoms with Crippen LogP contribution >= 0.6 is 15.9 Å². The zero-order valence-electron chi connectivity index (χ0n) is 16.6. The van der Waals surface area contributed by atoms with Crippen molar-refractivity contribution in [2.75, 3.05) is 23.3 Å². The van der Waals surface area contributed by atoms with Gasteiger partial charge in [-0.15, -0.1) is 0 Å². The SMILES string of the molecule is CCN(CC)c1ccc(NC(=O)C(C)n2nc(C(F)(F)F)c(Br)c2C2CC2)cc1. The first kappa shape index (κ1) is 21.7. The van der Waals surface area contributed by atoms with Gasteiger partial charge in [0.05, 0.1) is 10.2 Å². The largest absolute Gasteiger partial charge is 0.436 e. The normalized spacial score (nSPS) is 15.3. The number of nitrogens with one attached hydrogen (secondary N) is 1. The van der Waals surface area contributed by atoms with Crippen LogP contribution in [0, 0.1) is 0 Å². The Labute approximate surface area is 176 Å². The molecule has 1 aromatic heterocycles. The second kappa shape index (κ2) is 8.38. The third-order valence-electron chi connectivity index (χ3n) is 5.13. The lowest BCUT2D eigenvalue weighted by Gasteiger charge is -2.21. The Morgan fingerprint density at radius 1 is 1.28 bits per heavy atom. The molecule has 1 aliphatic rings. The van der Waals surface area contributed by atoms with Crippen molar-refractivity contribution >= 4 is 33.2 Å². The topological polar surface area (TPSA) is 50.2 Å². The van der Waals surface area contributed by atoms with E-state index in [4.69, 9.17) is 0 Å².